The highest BCUT2D eigenvalue weighted by Crippen LogP contribution is 2.56. The zero-order valence-corrected chi connectivity index (χ0v) is 21.7. The second-order valence-electron chi connectivity index (χ2n) is 10.0. The van der Waals surface area contributed by atoms with Crippen LogP contribution in [0.15, 0.2) is 11.1 Å². The van der Waals surface area contributed by atoms with Gasteiger partial charge >= 0.3 is 5.97 Å². The van der Waals surface area contributed by atoms with E-state index in [4.69, 9.17) is 23.7 Å². The van der Waals surface area contributed by atoms with Gasteiger partial charge in [0.1, 0.15) is 0 Å². The van der Waals surface area contributed by atoms with Crippen molar-refractivity contribution in [1.29, 1.82) is 0 Å². The molecular formula is C26H35N3O7. The molecular weight excluding hydrogens is 466 g/mol. The molecule has 1 N–H and O–H groups in total. The molecule has 2 unspecified atom stereocenters. The molecule has 1 amide bonds. The summed E-state index contributed by atoms with van der Waals surface area (Å²) in [6, 6.07) is -0.296. The van der Waals surface area contributed by atoms with Crippen LogP contribution >= 0.6 is 0 Å². The molecule has 36 heavy (non-hydrogen) atoms. The summed E-state index contributed by atoms with van der Waals surface area (Å²) in [4.78, 5) is 29.7. The average molecular weight is 502 g/mol. The van der Waals surface area contributed by atoms with Crippen LogP contribution in [0.3, 0.4) is 0 Å². The molecule has 10 nitrogen and oxygen atoms in total. The number of fused-ring (bicyclic) bond motifs is 2. The third-order valence-corrected chi connectivity index (χ3v) is 8.03. The topological polar surface area (TPSA) is 98.8 Å². The first-order valence-corrected chi connectivity index (χ1v) is 12.5. The van der Waals surface area contributed by atoms with Crippen molar-refractivity contribution in [3.8, 4) is 17.2 Å². The molecule has 0 aliphatic carbocycles. The number of methoxy groups -OCH3 is 1. The summed E-state index contributed by atoms with van der Waals surface area (Å²) < 4.78 is 29.1. The Balaban J connectivity index is 1.53. The number of rotatable bonds is 6. The zero-order chi connectivity index (χ0) is 25.6. The number of morpholine rings is 1. The number of nitrogens with zero attached hydrogens (tertiary/aromatic N) is 2. The fraction of sp³-hybridized carbons (Fsp3) is 0.615. The second-order valence-corrected chi connectivity index (χ2v) is 10.0. The Bertz CT molecular complexity index is 1110. The number of nitrogens with one attached hydrogen (secondary N) is 1. The summed E-state index contributed by atoms with van der Waals surface area (Å²) >= 11 is 0. The van der Waals surface area contributed by atoms with E-state index >= 15 is 0 Å². The minimum Gasteiger partial charge on any atom is -0.492 e. The number of ether oxygens (including phenoxy) is 5. The molecule has 4 heterocycles. The standard InChI is InChI=1S/C26H35N3O7/c1-15-16(2)26(3,36-25(15)31)24-20-17(6-7-28(24)4)18(21-23(22(20)32-5)35-14-34-21)12-27-19(30)13-29-8-10-33-11-9-29/h24H,6-14H2,1-5H3,(H,27,30). The van der Waals surface area contributed by atoms with Gasteiger partial charge in [-0.3, -0.25) is 14.6 Å². The van der Waals surface area contributed by atoms with Gasteiger partial charge in [0.05, 0.1) is 32.9 Å². The van der Waals surface area contributed by atoms with Gasteiger partial charge in [-0.2, -0.15) is 0 Å². The third kappa shape index (κ3) is 4.01. The quantitative estimate of drug-likeness (QED) is 0.582. The smallest absolute Gasteiger partial charge is 0.334 e. The van der Waals surface area contributed by atoms with Gasteiger partial charge in [-0.25, -0.2) is 4.79 Å². The number of hydrogen-bond donors (Lipinski definition) is 1. The summed E-state index contributed by atoms with van der Waals surface area (Å²) in [7, 11) is 3.64. The van der Waals surface area contributed by atoms with Crippen LogP contribution in [-0.2, 0) is 32.0 Å². The number of benzene rings is 1. The molecule has 1 aromatic rings. The number of carbonyl (C=O) groups excluding carboxylic acids is 2. The first-order chi connectivity index (χ1) is 17.3. The van der Waals surface area contributed by atoms with E-state index < -0.39 is 5.60 Å². The highest BCUT2D eigenvalue weighted by atomic mass is 16.7. The summed E-state index contributed by atoms with van der Waals surface area (Å²) in [5.41, 5.74) is 3.50. The van der Waals surface area contributed by atoms with Gasteiger partial charge in [0.25, 0.3) is 0 Å². The van der Waals surface area contributed by atoms with Crippen LogP contribution in [0.25, 0.3) is 0 Å². The lowest BCUT2D eigenvalue weighted by molar-refractivity contribution is -0.151. The Kier molecular flexibility index (Phi) is 6.61. The van der Waals surface area contributed by atoms with Crippen LogP contribution in [0.4, 0.5) is 0 Å². The van der Waals surface area contributed by atoms with Gasteiger partial charge in [-0.1, -0.05) is 0 Å². The van der Waals surface area contributed by atoms with Crippen molar-refractivity contribution in [3.63, 3.8) is 0 Å². The van der Waals surface area contributed by atoms with Crippen LogP contribution in [0.2, 0.25) is 0 Å². The van der Waals surface area contributed by atoms with Crippen molar-refractivity contribution >= 4 is 11.9 Å². The van der Waals surface area contributed by atoms with Gasteiger partial charge in [0.15, 0.2) is 17.1 Å². The molecule has 1 fully saturated rings. The lowest BCUT2D eigenvalue weighted by Crippen LogP contribution is -2.48. The van der Waals surface area contributed by atoms with Gasteiger partial charge in [0.2, 0.25) is 18.4 Å². The lowest BCUT2D eigenvalue weighted by Gasteiger charge is -2.45. The van der Waals surface area contributed by atoms with Crippen molar-refractivity contribution in [2.75, 3.05) is 60.3 Å². The molecule has 2 atom stereocenters. The van der Waals surface area contributed by atoms with E-state index in [1.807, 2.05) is 20.9 Å². The van der Waals surface area contributed by atoms with E-state index in [0.717, 1.165) is 48.3 Å². The van der Waals surface area contributed by atoms with Crippen molar-refractivity contribution in [2.24, 2.45) is 0 Å². The number of hydrogen-bond acceptors (Lipinski definition) is 9. The van der Waals surface area contributed by atoms with Gasteiger partial charge in [-0.15, -0.1) is 0 Å². The summed E-state index contributed by atoms with van der Waals surface area (Å²) in [6.45, 7) is 9.95. The molecule has 10 heteroatoms. The fourth-order valence-electron chi connectivity index (χ4n) is 5.87. The molecule has 0 radical (unpaired) electrons. The molecule has 5 rings (SSSR count). The molecule has 4 aliphatic heterocycles. The van der Waals surface area contributed by atoms with E-state index in [-0.39, 0.29) is 24.7 Å². The number of likely N-dealkylation sites (N-methyl/N-ethyl adjacent to an activating group) is 1. The third-order valence-electron chi connectivity index (χ3n) is 8.03. The molecule has 0 saturated carbocycles. The summed E-state index contributed by atoms with van der Waals surface area (Å²) in [5, 5.41) is 3.09. The van der Waals surface area contributed by atoms with Crippen LogP contribution < -0.4 is 19.5 Å². The Labute approximate surface area is 211 Å². The van der Waals surface area contributed by atoms with Gasteiger partial charge in [0, 0.05) is 42.9 Å². The van der Waals surface area contributed by atoms with Crippen molar-refractivity contribution < 1.29 is 33.3 Å². The lowest BCUT2D eigenvalue weighted by atomic mass is 9.77. The van der Waals surface area contributed by atoms with E-state index in [2.05, 4.69) is 15.1 Å². The van der Waals surface area contributed by atoms with Crippen molar-refractivity contribution in [1.82, 2.24) is 15.1 Å². The first-order valence-electron chi connectivity index (χ1n) is 12.5. The molecule has 4 aliphatic rings. The van der Waals surface area contributed by atoms with E-state index in [1.54, 1.807) is 14.0 Å². The number of carbonyl (C=O) groups is 2. The predicted molar refractivity (Wildman–Crippen MR) is 130 cm³/mol. The number of amides is 1. The van der Waals surface area contributed by atoms with Crippen molar-refractivity contribution in [3.05, 3.63) is 27.8 Å². The molecule has 0 aromatic heterocycles. The molecule has 196 valence electrons. The Morgan fingerprint density at radius 3 is 2.56 bits per heavy atom. The highest BCUT2D eigenvalue weighted by Gasteiger charge is 2.52. The maximum absolute atomic E-state index is 12.8. The van der Waals surface area contributed by atoms with Crippen molar-refractivity contribution in [2.45, 2.75) is 45.4 Å². The monoisotopic (exact) mass is 501 g/mol. The van der Waals surface area contributed by atoms with Crippen LogP contribution in [0.1, 0.15) is 43.5 Å². The maximum Gasteiger partial charge on any atom is 0.334 e. The molecule has 0 bridgehead atoms. The molecule has 1 saturated heterocycles. The van der Waals surface area contributed by atoms with Gasteiger partial charge < -0.3 is 29.0 Å². The summed E-state index contributed by atoms with van der Waals surface area (Å²) in [6.07, 6.45) is 0.732. The number of esters is 1. The predicted octanol–water partition coefficient (Wildman–Crippen LogP) is 1.55. The van der Waals surface area contributed by atoms with Crippen LogP contribution in [-0.4, -0.2) is 87.6 Å². The second kappa shape index (κ2) is 9.57. The van der Waals surface area contributed by atoms with Gasteiger partial charge in [-0.05, 0) is 45.4 Å². The van der Waals surface area contributed by atoms with E-state index in [0.29, 0.717) is 49.1 Å². The minimum atomic E-state index is -0.872. The Hall–Kier alpha value is -2.82. The normalized spacial score (nSPS) is 26.1. The average Bonchev–Trinajstić information content (AvgIpc) is 3.42. The largest absolute Gasteiger partial charge is 0.492 e. The van der Waals surface area contributed by atoms with Crippen LogP contribution in [0.5, 0.6) is 17.2 Å². The molecule has 0 spiro atoms. The Morgan fingerprint density at radius 2 is 1.89 bits per heavy atom. The van der Waals surface area contributed by atoms with E-state index in [1.165, 1.54) is 0 Å². The van der Waals surface area contributed by atoms with Crippen LogP contribution in [0, 0.1) is 0 Å². The number of cyclic esters (lactones) is 1. The zero-order valence-electron chi connectivity index (χ0n) is 21.7. The summed E-state index contributed by atoms with van der Waals surface area (Å²) in [5.74, 6) is 1.38. The first kappa shape index (κ1) is 24.9. The fourth-order valence-corrected chi connectivity index (χ4v) is 5.87. The SMILES string of the molecule is COc1c2c(c(CNC(=O)CN3CCOCC3)c3c1C(C1(C)OC(=O)C(C)=C1C)N(C)CC3)OCO2. The van der Waals surface area contributed by atoms with E-state index in [9.17, 15) is 9.59 Å². The minimum absolute atomic E-state index is 0.0512. The highest BCUT2D eigenvalue weighted by molar-refractivity contribution is 5.92. The molecule has 1 aromatic carbocycles. The maximum atomic E-state index is 12.8. The Morgan fingerprint density at radius 1 is 1.17 bits per heavy atom.